The van der Waals surface area contributed by atoms with Crippen LogP contribution in [-0.4, -0.2) is 12.9 Å². The van der Waals surface area contributed by atoms with Crippen LogP contribution in [0.4, 0.5) is 0 Å². The van der Waals surface area contributed by atoms with Crippen LogP contribution >= 0.6 is 0 Å². The number of benzene rings is 1. The Morgan fingerprint density at radius 2 is 2.12 bits per heavy atom. The van der Waals surface area contributed by atoms with Gasteiger partial charge in [-0.3, -0.25) is 4.79 Å². The number of carbonyl (C=O) groups excluding carboxylic acids is 1. The lowest BCUT2D eigenvalue weighted by atomic mass is 9.95. The van der Waals surface area contributed by atoms with E-state index in [0.29, 0.717) is 12.2 Å². The van der Waals surface area contributed by atoms with E-state index in [9.17, 15) is 4.79 Å². The predicted octanol–water partition coefficient (Wildman–Crippen LogP) is 3.55. The standard InChI is InChI=1S/C15H22O2/c1-5-6-12(3)14(16)10-13-9-11(2)7-8-15(13)17-4/h7-9,12H,5-6,10H2,1-4H3. The fraction of sp³-hybridized carbons (Fsp3) is 0.533. The molecule has 0 aliphatic rings. The quantitative estimate of drug-likeness (QED) is 0.752. The van der Waals surface area contributed by atoms with E-state index in [1.807, 2.05) is 32.0 Å². The normalized spacial score (nSPS) is 12.2. The first-order chi connectivity index (χ1) is 8.08. The zero-order valence-electron chi connectivity index (χ0n) is 11.2. The van der Waals surface area contributed by atoms with Gasteiger partial charge < -0.3 is 4.74 Å². The molecule has 1 aromatic carbocycles. The van der Waals surface area contributed by atoms with E-state index >= 15 is 0 Å². The number of ether oxygens (including phenoxy) is 1. The largest absolute Gasteiger partial charge is 0.496 e. The molecule has 0 spiro atoms. The molecular formula is C15H22O2. The molecule has 0 aliphatic heterocycles. The Balaban J connectivity index is 2.79. The summed E-state index contributed by atoms with van der Waals surface area (Å²) >= 11 is 0. The highest BCUT2D eigenvalue weighted by Crippen LogP contribution is 2.22. The number of aryl methyl sites for hydroxylation is 1. The van der Waals surface area contributed by atoms with Crippen LogP contribution in [0.2, 0.25) is 0 Å². The first kappa shape index (κ1) is 13.8. The minimum absolute atomic E-state index is 0.144. The minimum Gasteiger partial charge on any atom is -0.496 e. The number of Topliss-reactive ketones (excluding diaryl/α,β-unsaturated/α-hetero) is 1. The maximum Gasteiger partial charge on any atom is 0.140 e. The summed E-state index contributed by atoms with van der Waals surface area (Å²) in [6.45, 7) is 6.15. The number of ketones is 1. The van der Waals surface area contributed by atoms with Gasteiger partial charge in [-0.25, -0.2) is 0 Å². The lowest BCUT2D eigenvalue weighted by Crippen LogP contribution is -2.14. The van der Waals surface area contributed by atoms with Crippen LogP contribution in [0.5, 0.6) is 5.75 Å². The second-order valence-corrected chi connectivity index (χ2v) is 4.65. The highest BCUT2D eigenvalue weighted by atomic mass is 16.5. The van der Waals surface area contributed by atoms with Crippen molar-refractivity contribution in [2.75, 3.05) is 7.11 Å². The first-order valence-corrected chi connectivity index (χ1v) is 6.24. The Labute approximate surface area is 104 Å². The van der Waals surface area contributed by atoms with E-state index < -0.39 is 0 Å². The lowest BCUT2D eigenvalue weighted by Gasteiger charge is -2.12. The zero-order valence-corrected chi connectivity index (χ0v) is 11.2. The van der Waals surface area contributed by atoms with Gasteiger partial charge in [0.05, 0.1) is 7.11 Å². The van der Waals surface area contributed by atoms with Crippen LogP contribution in [0.1, 0.15) is 37.8 Å². The van der Waals surface area contributed by atoms with Gasteiger partial charge in [0.25, 0.3) is 0 Å². The van der Waals surface area contributed by atoms with Crippen molar-refractivity contribution >= 4 is 5.78 Å². The van der Waals surface area contributed by atoms with Gasteiger partial charge in [0.1, 0.15) is 11.5 Å². The molecule has 0 aliphatic carbocycles. The smallest absolute Gasteiger partial charge is 0.140 e. The summed E-state index contributed by atoms with van der Waals surface area (Å²) < 4.78 is 5.29. The fourth-order valence-corrected chi connectivity index (χ4v) is 2.00. The Morgan fingerprint density at radius 3 is 2.71 bits per heavy atom. The highest BCUT2D eigenvalue weighted by Gasteiger charge is 2.14. The van der Waals surface area contributed by atoms with Gasteiger partial charge in [-0.2, -0.15) is 0 Å². The Kier molecular flexibility index (Phi) is 5.20. The second kappa shape index (κ2) is 6.43. The van der Waals surface area contributed by atoms with Crippen LogP contribution in [0.3, 0.4) is 0 Å². The molecule has 1 atom stereocenters. The fourth-order valence-electron chi connectivity index (χ4n) is 2.00. The molecule has 0 saturated heterocycles. The average Bonchev–Trinajstić information content (AvgIpc) is 2.29. The molecule has 94 valence electrons. The van der Waals surface area contributed by atoms with Crippen molar-refractivity contribution in [2.24, 2.45) is 5.92 Å². The Morgan fingerprint density at radius 1 is 1.41 bits per heavy atom. The van der Waals surface area contributed by atoms with Crippen LogP contribution < -0.4 is 4.74 Å². The monoisotopic (exact) mass is 234 g/mol. The van der Waals surface area contributed by atoms with Crippen LogP contribution in [0.25, 0.3) is 0 Å². The van der Waals surface area contributed by atoms with Crippen molar-refractivity contribution in [1.29, 1.82) is 0 Å². The number of methoxy groups -OCH3 is 1. The predicted molar refractivity (Wildman–Crippen MR) is 70.5 cm³/mol. The SMILES string of the molecule is CCCC(C)C(=O)Cc1cc(C)ccc1OC. The molecule has 2 nitrogen and oxygen atoms in total. The molecule has 17 heavy (non-hydrogen) atoms. The molecule has 0 N–H and O–H groups in total. The summed E-state index contributed by atoms with van der Waals surface area (Å²) in [4.78, 5) is 12.0. The van der Waals surface area contributed by atoms with Crippen molar-refractivity contribution in [1.82, 2.24) is 0 Å². The highest BCUT2D eigenvalue weighted by molar-refractivity contribution is 5.83. The summed E-state index contributed by atoms with van der Waals surface area (Å²) in [6, 6.07) is 5.97. The summed E-state index contributed by atoms with van der Waals surface area (Å²) in [6.07, 6.45) is 2.50. The van der Waals surface area contributed by atoms with Gasteiger partial charge >= 0.3 is 0 Å². The van der Waals surface area contributed by atoms with E-state index in [2.05, 4.69) is 6.92 Å². The van der Waals surface area contributed by atoms with E-state index in [1.165, 1.54) is 0 Å². The van der Waals surface area contributed by atoms with E-state index in [1.54, 1.807) is 7.11 Å². The summed E-state index contributed by atoms with van der Waals surface area (Å²) in [5.41, 5.74) is 2.16. The third-order valence-electron chi connectivity index (χ3n) is 3.07. The minimum atomic E-state index is 0.144. The van der Waals surface area contributed by atoms with Crippen LogP contribution in [0, 0.1) is 12.8 Å². The molecule has 0 aromatic heterocycles. The lowest BCUT2D eigenvalue weighted by molar-refractivity contribution is -0.121. The van der Waals surface area contributed by atoms with Crippen LogP contribution in [0.15, 0.2) is 18.2 Å². The number of carbonyl (C=O) groups is 1. The summed E-state index contributed by atoms with van der Waals surface area (Å²) in [5.74, 6) is 1.26. The molecule has 1 aromatic rings. The molecule has 0 fully saturated rings. The zero-order chi connectivity index (χ0) is 12.8. The van der Waals surface area contributed by atoms with Crippen molar-refractivity contribution < 1.29 is 9.53 Å². The molecule has 0 saturated carbocycles. The van der Waals surface area contributed by atoms with Gasteiger partial charge in [-0.05, 0) is 19.4 Å². The molecule has 0 bridgehead atoms. The van der Waals surface area contributed by atoms with E-state index in [-0.39, 0.29) is 5.92 Å². The molecule has 2 heteroatoms. The van der Waals surface area contributed by atoms with Gasteiger partial charge in [0.2, 0.25) is 0 Å². The van der Waals surface area contributed by atoms with E-state index in [4.69, 9.17) is 4.74 Å². The third kappa shape index (κ3) is 3.88. The molecule has 1 unspecified atom stereocenters. The third-order valence-corrected chi connectivity index (χ3v) is 3.07. The van der Waals surface area contributed by atoms with Gasteiger partial charge in [-0.1, -0.05) is 38.0 Å². The van der Waals surface area contributed by atoms with Gasteiger partial charge in [0.15, 0.2) is 0 Å². The molecule has 0 heterocycles. The van der Waals surface area contributed by atoms with Gasteiger partial charge in [0, 0.05) is 17.9 Å². The van der Waals surface area contributed by atoms with Gasteiger partial charge in [-0.15, -0.1) is 0 Å². The molecular weight excluding hydrogens is 212 g/mol. The Hall–Kier alpha value is -1.31. The average molecular weight is 234 g/mol. The first-order valence-electron chi connectivity index (χ1n) is 6.24. The van der Waals surface area contributed by atoms with Crippen molar-refractivity contribution in [3.63, 3.8) is 0 Å². The topological polar surface area (TPSA) is 26.3 Å². The van der Waals surface area contributed by atoms with Crippen molar-refractivity contribution in [3.8, 4) is 5.75 Å². The number of hydrogen-bond acceptors (Lipinski definition) is 2. The molecule has 1 rings (SSSR count). The Bertz CT molecular complexity index is 383. The van der Waals surface area contributed by atoms with Crippen LogP contribution in [-0.2, 0) is 11.2 Å². The molecule has 0 radical (unpaired) electrons. The second-order valence-electron chi connectivity index (χ2n) is 4.65. The summed E-state index contributed by atoms with van der Waals surface area (Å²) in [7, 11) is 1.65. The van der Waals surface area contributed by atoms with Crippen molar-refractivity contribution in [3.05, 3.63) is 29.3 Å². The number of rotatable bonds is 6. The number of hydrogen-bond donors (Lipinski definition) is 0. The van der Waals surface area contributed by atoms with E-state index in [0.717, 1.165) is 29.7 Å². The van der Waals surface area contributed by atoms with Crippen molar-refractivity contribution in [2.45, 2.75) is 40.0 Å². The maximum atomic E-state index is 12.0. The molecule has 0 amide bonds. The summed E-state index contributed by atoms with van der Waals surface area (Å²) in [5, 5.41) is 0. The maximum absolute atomic E-state index is 12.0.